The van der Waals surface area contributed by atoms with Crippen LogP contribution in [0.2, 0.25) is 0 Å². The molecule has 4 rings (SSSR count). The van der Waals surface area contributed by atoms with Crippen LogP contribution >= 0.6 is 0 Å². The number of amides is 1. The standard InChI is InChI=1S/C28H38N2O/c29-20-19-22-10-7-8-15-25(18-17-22)28(31)30-21-9-16-26(30)27(23-11-3-1-4-12-23)24-13-5-2-6-14-24/h1-6,11-14,22,25-27H,7-10,15-21,29H2/t22?,25-,26+/m1/s1. The predicted octanol–water partition coefficient (Wildman–Crippen LogP) is 5.74. The molecule has 0 spiro atoms. The van der Waals surface area contributed by atoms with E-state index in [1.807, 2.05) is 0 Å². The highest BCUT2D eigenvalue weighted by Crippen LogP contribution is 2.38. The fraction of sp³-hybridized carbons (Fsp3) is 0.536. The van der Waals surface area contributed by atoms with Gasteiger partial charge in [0.05, 0.1) is 0 Å². The molecule has 2 aromatic rings. The van der Waals surface area contributed by atoms with Gasteiger partial charge in [0.2, 0.25) is 5.91 Å². The van der Waals surface area contributed by atoms with E-state index in [4.69, 9.17) is 5.73 Å². The molecule has 1 aliphatic heterocycles. The lowest BCUT2D eigenvalue weighted by molar-refractivity contribution is -0.137. The highest BCUT2D eigenvalue weighted by atomic mass is 16.2. The van der Waals surface area contributed by atoms with Crippen LogP contribution in [0, 0.1) is 11.8 Å². The van der Waals surface area contributed by atoms with Crippen molar-refractivity contribution in [3.8, 4) is 0 Å². The summed E-state index contributed by atoms with van der Waals surface area (Å²) in [4.78, 5) is 16.1. The third-order valence-electron chi connectivity index (χ3n) is 7.55. The van der Waals surface area contributed by atoms with Crippen molar-refractivity contribution in [3.05, 3.63) is 71.8 Å². The lowest BCUT2D eigenvalue weighted by Crippen LogP contribution is -2.43. The molecule has 3 atom stereocenters. The summed E-state index contributed by atoms with van der Waals surface area (Å²) < 4.78 is 0. The van der Waals surface area contributed by atoms with Crippen molar-refractivity contribution in [1.29, 1.82) is 0 Å². The number of carbonyl (C=O) groups excluding carboxylic acids is 1. The first-order valence-electron chi connectivity index (χ1n) is 12.4. The van der Waals surface area contributed by atoms with Crippen molar-refractivity contribution in [2.45, 2.75) is 69.7 Å². The molecular weight excluding hydrogens is 380 g/mol. The van der Waals surface area contributed by atoms with Gasteiger partial charge in [-0.05, 0) is 62.1 Å². The number of rotatable bonds is 6. The zero-order valence-electron chi connectivity index (χ0n) is 18.8. The van der Waals surface area contributed by atoms with E-state index in [9.17, 15) is 4.79 Å². The minimum atomic E-state index is 0.188. The number of carbonyl (C=O) groups is 1. The lowest BCUT2D eigenvalue weighted by Gasteiger charge is -2.35. The summed E-state index contributed by atoms with van der Waals surface area (Å²) in [5.74, 6) is 1.55. The second kappa shape index (κ2) is 10.9. The second-order valence-electron chi connectivity index (χ2n) is 9.54. The van der Waals surface area contributed by atoms with Crippen LogP contribution in [0.5, 0.6) is 0 Å². The second-order valence-corrected chi connectivity index (χ2v) is 9.54. The smallest absolute Gasteiger partial charge is 0.225 e. The molecule has 1 aliphatic carbocycles. The van der Waals surface area contributed by atoms with Crippen molar-refractivity contribution >= 4 is 5.91 Å². The molecule has 0 radical (unpaired) electrons. The van der Waals surface area contributed by atoms with Gasteiger partial charge in [-0.1, -0.05) is 79.9 Å². The SMILES string of the molecule is NCCC1CCCC[C@@H](C(=O)N2CCC[C@H]2C(c2ccccc2)c2ccccc2)CC1. The molecule has 1 unspecified atom stereocenters. The van der Waals surface area contributed by atoms with Gasteiger partial charge in [-0.3, -0.25) is 4.79 Å². The number of nitrogens with zero attached hydrogens (tertiary/aromatic N) is 1. The summed E-state index contributed by atoms with van der Waals surface area (Å²) in [6, 6.07) is 21.8. The molecule has 31 heavy (non-hydrogen) atoms. The van der Waals surface area contributed by atoms with Gasteiger partial charge < -0.3 is 10.6 Å². The first-order valence-corrected chi connectivity index (χ1v) is 12.4. The Morgan fingerprint density at radius 3 is 2.13 bits per heavy atom. The normalized spacial score (nSPS) is 24.7. The third-order valence-corrected chi connectivity index (χ3v) is 7.55. The van der Waals surface area contributed by atoms with E-state index >= 15 is 0 Å². The van der Waals surface area contributed by atoms with Crippen molar-refractivity contribution in [2.75, 3.05) is 13.1 Å². The zero-order chi connectivity index (χ0) is 21.5. The molecule has 3 heteroatoms. The number of benzene rings is 2. The number of likely N-dealkylation sites (tertiary alicyclic amines) is 1. The first kappa shape index (κ1) is 22.1. The molecule has 2 N–H and O–H groups in total. The maximum atomic E-state index is 13.8. The van der Waals surface area contributed by atoms with E-state index < -0.39 is 0 Å². The summed E-state index contributed by atoms with van der Waals surface area (Å²) in [6.07, 6.45) is 10.3. The van der Waals surface area contributed by atoms with Gasteiger partial charge in [0.15, 0.2) is 0 Å². The van der Waals surface area contributed by atoms with Gasteiger partial charge >= 0.3 is 0 Å². The van der Waals surface area contributed by atoms with Crippen molar-refractivity contribution < 1.29 is 4.79 Å². The molecule has 0 bridgehead atoms. The molecule has 0 aromatic heterocycles. The van der Waals surface area contributed by atoms with Gasteiger partial charge in [-0.2, -0.15) is 0 Å². The quantitative estimate of drug-likeness (QED) is 0.650. The Hall–Kier alpha value is -2.13. The predicted molar refractivity (Wildman–Crippen MR) is 128 cm³/mol. The Morgan fingerprint density at radius 1 is 0.839 bits per heavy atom. The van der Waals surface area contributed by atoms with E-state index in [-0.39, 0.29) is 17.9 Å². The monoisotopic (exact) mass is 418 g/mol. The molecule has 2 aromatic carbocycles. The Morgan fingerprint density at radius 2 is 1.48 bits per heavy atom. The van der Waals surface area contributed by atoms with Crippen LogP contribution in [0.1, 0.15) is 74.8 Å². The molecule has 2 fully saturated rings. The van der Waals surface area contributed by atoms with E-state index in [1.54, 1.807) is 0 Å². The Bertz CT molecular complexity index is 767. The molecule has 1 saturated heterocycles. The topological polar surface area (TPSA) is 46.3 Å². The average Bonchev–Trinajstić information content (AvgIpc) is 3.26. The van der Waals surface area contributed by atoms with E-state index in [2.05, 4.69) is 65.6 Å². The maximum absolute atomic E-state index is 13.8. The minimum absolute atomic E-state index is 0.188. The Kier molecular flexibility index (Phi) is 7.80. The molecule has 1 saturated carbocycles. The minimum Gasteiger partial charge on any atom is -0.339 e. The Balaban J connectivity index is 1.55. The summed E-state index contributed by atoms with van der Waals surface area (Å²) in [7, 11) is 0. The summed E-state index contributed by atoms with van der Waals surface area (Å²) in [5, 5.41) is 0. The molecule has 2 aliphatic rings. The highest BCUT2D eigenvalue weighted by Gasteiger charge is 2.38. The zero-order valence-corrected chi connectivity index (χ0v) is 18.8. The molecule has 1 heterocycles. The van der Waals surface area contributed by atoms with Gasteiger partial charge in [-0.15, -0.1) is 0 Å². The van der Waals surface area contributed by atoms with Crippen molar-refractivity contribution in [2.24, 2.45) is 17.6 Å². The first-order chi connectivity index (χ1) is 15.3. The molecule has 166 valence electrons. The lowest BCUT2D eigenvalue weighted by atomic mass is 9.81. The van der Waals surface area contributed by atoms with Crippen LogP contribution in [-0.4, -0.2) is 29.9 Å². The third kappa shape index (κ3) is 5.38. The number of hydrogen-bond acceptors (Lipinski definition) is 2. The maximum Gasteiger partial charge on any atom is 0.225 e. The van der Waals surface area contributed by atoms with Gasteiger partial charge in [-0.25, -0.2) is 0 Å². The largest absolute Gasteiger partial charge is 0.339 e. The average molecular weight is 419 g/mol. The van der Waals surface area contributed by atoms with E-state index in [0.717, 1.165) is 51.6 Å². The van der Waals surface area contributed by atoms with Gasteiger partial charge in [0, 0.05) is 24.4 Å². The fourth-order valence-electron chi connectivity index (χ4n) is 5.93. The van der Waals surface area contributed by atoms with Crippen LogP contribution in [0.15, 0.2) is 60.7 Å². The van der Waals surface area contributed by atoms with Crippen LogP contribution in [0.25, 0.3) is 0 Å². The van der Waals surface area contributed by atoms with E-state index in [0.29, 0.717) is 11.8 Å². The van der Waals surface area contributed by atoms with Crippen LogP contribution in [-0.2, 0) is 4.79 Å². The van der Waals surface area contributed by atoms with Crippen LogP contribution < -0.4 is 5.73 Å². The van der Waals surface area contributed by atoms with Crippen LogP contribution in [0.3, 0.4) is 0 Å². The summed E-state index contributed by atoms with van der Waals surface area (Å²) >= 11 is 0. The van der Waals surface area contributed by atoms with Gasteiger partial charge in [0.25, 0.3) is 0 Å². The van der Waals surface area contributed by atoms with Crippen LogP contribution in [0.4, 0.5) is 0 Å². The highest BCUT2D eigenvalue weighted by molar-refractivity contribution is 5.79. The van der Waals surface area contributed by atoms with Crippen molar-refractivity contribution in [1.82, 2.24) is 4.90 Å². The molecule has 1 amide bonds. The molecule has 3 nitrogen and oxygen atoms in total. The fourth-order valence-corrected chi connectivity index (χ4v) is 5.93. The summed E-state index contributed by atoms with van der Waals surface area (Å²) in [5.41, 5.74) is 8.47. The number of nitrogens with two attached hydrogens (primary N) is 1. The Labute approximate surface area is 188 Å². The van der Waals surface area contributed by atoms with Crippen molar-refractivity contribution in [3.63, 3.8) is 0 Å². The van der Waals surface area contributed by atoms with Gasteiger partial charge in [0.1, 0.15) is 0 Å². The molecular formula is C28H38N2O. The number of hydrogen-bond donors (Lipinski definition) is 1. The summed E-state index contributed by atoms with van der Waals surface area (Å²) in [6.45, 7) is 1.68. The van der Waals surface area contributed by atoms with E-state index in [1.165, 1.54) is 30.4 Å².